The van der Waals surface area contributed by atoms with Crippen molar-refractivity contribution in [2.24, 2.45) is 0 Å². The van der Waals surface area contributed by atoms with Gasteiger partial charge in [0.05, 0.1) is 15.6 Å². The van der Waals surface area contributed by atoms with Crippen molar-refractivity contribution in [3.8, 4) is 0 Å². The van der Waals surface area contributed by atoms with Gasteiger partial charge in [0.2, 0.25) is 10.0 Å². The summed E-state index contributed by atoms with van der Waals surface area (Å²) in [6.07, 6.45) is 3.79. The zero-order chi connectivity index (χ0) is 15.7. The van der Waals surface area contributed by atoms with E-state index in [1.54, 1.807) is 17.4 Å². The predicted octanol–water partition coefficient (Wildman–Crippen LogP) is 2.77. The normalized spacial score (nSPS) is 14.3. The van der Waals surface area contributed by atoms with E-state index in [2.05, 4.69) is 9.71 Å². The van der Waals surface area contributed by atoms with Crippen molar-refractivity contribution < 1.29 is 8.42 Å². The molecular weight excluding hydrogens is 316 g/mol. The zero-order valence-electron chi connectivity index (χ0n) is 12.8. The summed E-state index contributed by atoms with van der Waals surface area (Å²) in [6.45, 7) is 4.39. The van der Waals surface area contributed by atoms with Gasteiger partial charge in [0.25, 0.3) is 0 Å². The molecule has 0 amide bonds. The topological polar surface area (TPSA) is 59.1 Å². The Balaban J connectivity index is 1.66. The lowest BCUT2D eigenvalue weighted by molar-refractivity contribution is 0.581. The highest BCUT2D eigenvalue weighted by molar-refractivity contribution is 7.89. The van der Waals surface area contributed by atoms with Gasteiger partial charge in [-0.05, 0) is 56.4 Å². The van der Waals surface area contributed by atoms with Crippen LogP contribution in [-0.4, -0.2) is 19.9 Å². The van der Waals surface area contributed by atoms with Gasteiger partial charge in [0.1, 0.15) is 0 Å². The predicted molar refractivity (Wildman–Crippen MR) is 88.9 cm³/mol. The van der Waals surface area contributed by atoms with Crippen LogP contribution in [0, 0.1) is 13.8 Å². The highest BCUT2D eigenvalue weighted by atomic mass is 32.2. The Morgan fingerprint density at radius 2 is 2.00 bits per heavy atom. The molecule has 1 aromatic carbocycles. The number of fused-ring (bicyclic) bond motifs is 1. The van der Waals surface area contributed by atoms with E-state index in [9.17, 15) is 8.42 Å². The summed E-state index contributed by atoms with van der Waals surface area (Å²) in [7, 11) is -3.43. The molecule has 0 saturated carbocycles. The van der Waals surface area contributed by atoms with Gasteiger partial charge in [-0.15, -0.1) is 11.3 Å². The number of rotatable bonds is 5. The smallest absolute Gasteiger partial charge is 0.240 e. The summed E-state index contributed by atoms with van der Waals surface area (Å²) in [6, 6.07) is 5.48. The van der Waals surface area contributed by atoms with Crippen molar-refractivity contribution in [1.29, 1.82) is 0 Å². The fraction of sp³-hybridized carbons (Fsp3) is 0.438. The van der Waals surface area contributed by atoms with E-state index in [1.165, 1.54) is 16.0 Å². The van der Waals surface area contributed by atoms with Crippen LogP contribution >= 0.6 is 11.3 Å². The fourth-order valence-electron chi connectivity index (χ4n) is 2.74. The second-order valence-corrected chi connectivity index (χ2v) is 8.74. The number of aryl methyl sites for hydroxylation is 4. The number of thiazole rings is 1. The Morgan fingerprint density at radius 3 is 2.73 bits per heavy atom. The minimum atomic E-state index is -3.43. The molecule has 0 unspecified atom stereocenters. The minimum absolute atomic E-state index is 0.375. The van der Waals surface area contributed by atoms with Gasteiger partial charge in [0, 0.05) is 17.8 Å². The average molecular weight is 336 g/mol. The molecule has 1 N–H and O–H groups in total. The van der Waals surface area contributed by atoms with Crippen LogP contribution in [0.3, 0.4) is 0 Å². The molecule has 0 bridgehead atoms. The van der Waals surface area contributed by atoms with Crippen LogP contribution in [0.5, 0.6) is 0 Å². The highest BCUT2D eigenvalue weighted by Gasteiger charge is 2.18. The molecule has 3 rings (SSSR count). The first-order chi connectivity index (χ1) is 10.5. The molecule has 6 heteroatoms. The number of hydrogen-bond acceptors (Lipinski definition) is 4. The molecular formula is C16H20N2O2S2. The molecule has 1 aromatic heterocycles. The maximum Gasteiger partial charge on any atom is 0.240 e. The Kier molecular flexibility index (Phi) is 4.34. The Bertz CT molecular complexity index is 775. The zero-order valence-corrected chi connectivity index (χ0v) is 14.5. The molecule has 0 atom stereocenters. The van der Waals surface area contributed by atoms with Crippen molar-refractivity contribution in [2.75, 3.05) is 6.54 Å². The second kappa shape index (κ2) is 6.10. The molecule has 0 spiro atoms. The monoisotopic (exact) mass is 336 g/mol. The molecule has 2 aromatic rings. The van der Waals surface area contributed by atoms with Crippen LogP contribution in [0.2, 0.25) is 0 Å². The third-order valence-corrected chi connectivity index (χ3v) is 6.68. The molecule has 0 saturated heterocycles. The Labute approximate surface area is 135 Å². The molecule has 1 heterocycles. The molecule has 22 heavy (non-hydrogen) atoms. The second-order valence-electron chi connectivity index (χ2n) is 5.68. The number of sulfonamides is 1. The molecule has 1 aliphatic rings. The summed E-state index contributed by atoms with van der Waals surface area (Å²) < 4.78 is 27.4. The summed E-state index contributed by atoms with van der Waals surface area (Å²) in [5.41, 5.74) is 3.49. The van der Waals surface area contributed by atoms with Gasteiger partial charge < -0.3 is 0 Å². The van der Waals surface area contributed by atoms with Gasteiger partial charge in [-0.1, -0.05) is 6.07 Å². The summed E-state index contributed by atoms with van der Waals surface area (Å²) in [5.74, 6) is 0. The van der Waals surface area contributed by atoms with Crippen LogP contribution in [-0.2, 0) is 29.3 Å². The number of nitrogens with zero attached hydrogens (tertiary/aromatic N) is 1. The molecule has 1 aliphatic carbocycles. The van der Waals surface area contributed by atoms with Crippen molar-refractivity contribution >= 4 is 21.4 Å². The van der Waals surface area contributed by atoms with Crippen molar-refractivity contribution in [3.05, 3.63) is 44.9 Å². The number of hydrogen-bond donors (Lipinski definition) is 1. The van der Waals surface area contributed by atoms with E-state index in [1.807, 2.05) is 26.0 Å². The number of aromatic nitrogens is 1. The lowest BCUT2D eigenvalue weighted by atomic mass is 10.1. The number of nitrogens with one attached hydrogen (secondary N) is 1. The largest absolute Gasteiger partial charge is 0.246 e. The molecule has 4 nitrogen and oxygen atoms in total. The van der Waals surface area contributed by atoms with Crippen LogP contribution in [0.25, 0.3) is 0 Å². The van der Waals surface area contributed by atoms with Crippen molar-refractivity contribution in [3.63, 3.8) is 0 Å². The lowest BCUT2D eigenvalue weighted by Crippen LogP contribution is -2.26. The first-order valence-electron chi connectivity index (χ1n) is 7.50. The van der Waals surface area contributed by atoms with Crippen molar-refractivity contribution in [1.82, 2.24) is 9.71 Å². The third-order valence-electron chi connectivity index (χ3n) is 4.08. The van der Waals surface area contributed by atoms with E-state index < -0.39 is 10.0 Å². The van der Waals surface area contributed by atoms with Gasteiger partial charge in [-0.2, -0.15) is 0 Å². The maximum absolute atomic E-state index is 12.4. The van der Waals surface area contributed by atoms with E-state index >= 15 is 0 Å². The molecule has 0 aliphatic heterocycles. The van der Waals surface area contributed by atoms with Gasteiger partial charge >= 0.3 is 0 Å². The van der Waals surface area contributed by atoms with E-state index in [4.69, 9.17) is 0 Å². The SMILES string of the molecule is Cc1nc(CCNS(=O)(=O)c2ccc3c(c2)CCC3)sc1C. The Hall–Kier alpha value is -1.24. The first-order valence-corrected chi connectivity index (χ1v) is 9.80. The van der Waals surface area contributed by atoms with Crippen LogP contribution < -0.4 is 4.72 Å². The molecule has 118 valence electrons. The van der Waals surface area contributed by atoms with E-state index in [0.29, 0.717) is 17.9 Å². The quantitative estimate of drug-likeness (QED) is 0.913. The van der Waals surface area contributed by atoms with Crippen LogP contribution in [0.1, 0.15) is 33.1 Å². The summed E-state index contributed by atoms with van der Waals surface area (Å²) >= 11 is 1.63. The van der Waals surface area contributed by atoms with Gasteiger partial charge in [0.15, 0.2) is 0 Å². The maximum atomic E-state index is 12.4. The van der Waals surface area contributed by atoms with Gasteiger partial charge in [-0.3, -0.25) is 0 Å². The van der Waals surface area contributed by atoms with Gasteiger partial charge in [-0.25, -0.2) is 18.1 Å². The minimum Gasteiger partial charge on any atom is -0.246 e. The van der Waals surface area contributed by atoms with E-state index in [-0.39, 0.29) is 0 Å². The average Bonchev–Trinajstić information content (AvgIpc) is 3.05. The van der Waals surface area contributed by atoms with E-state index in [0.717, 1.165) is 30.0 Å². The summed E-state index contributed by atoms with van der Waals surface area (Å²) in [4.78, 5) is 6.00. The Morgan fingerprint density at radius 1 is 1.23 bits per heavy atom. The first kappa shape index (κ1) is 15.6. The highest BCUT2D eigenvalue weighted by Crippen LogP contribution is 2.24. The molecule has 0 fully saturated rings. The summed E-state index contributed by atoms with van der Waals surface area (Å²) in [5, 5.41) is 0.978. The fourth-order valence-corrected chi connectivity index (χ4v) is 4.75. The van der Waals surface area contributed by atoms with Crippen LogP contribution in [0.4, 0.5) is 0 Å². The number of benzene rings is 1. The lowest BCUT2D eigenvalue weighted by Gasteiger charge is -2.08. The third kappa shape index (κ3) is 3.24. The van der Waals surface area contributed by atoms with Crippen molar-refractivity contribution in [2.45, 2.75) is 44.4 Å². The standard InChI is InChI=1S/C16H20N2O2S2/c1-11-12(2)21-16(18-11)8-9-17-22(19,20)15-7-6-13-4-3-5-14(13)10-15/h6-7,10,17H,3-5,8-9H2,1-2H3. The molecule has 0 radical (unpaired) electrons. The van der Waals surface area contributed by atoms with Crippen LogP contribution in [0.15, 0.2) is 23.1 Å².